The zero-order chi connectivity index (χ0) is 18.6. The summed E-state index contributed by atoms with van der Waals surface area (Å²) in [5.74, 6) is 0.230. The van der Waals surface area contributed by atoms with Gasteiger partial charge in [-0.3, -0.25) is 4.79 Å². The summed E-state index contributed by atoms with van der Waals surface area (Å²) in [5, 5.41) is 0. The Morgan fingerprint density at radius 3 is 2.65 bits per heavy atom. The van der Waals surface area contributed by atoms with Gasteiger partial charge in [0.05, 0.1) is 4.90 Å². The Bertz CT molecular complexity index is 871. The van der Waals surface area contributed by atoms with Crippen molar-refractivity contribution in [2.45, 2.75) is 24.0 Å². The van der Waals surface area contributed by atoms with Gasteiger partial charge >= 0.3 is 0 Å². The van der Waals surface area contributed by atoms with Gasteiger partial charge in [-0.25, -0.2) is 17.5 Å². The number of aryl methyl sites for hydroxylation is 1. The quantitative estimate of drug-likeness (QED) is 0.747. The third-order valence-electron chi connectivity index (χ3n) is 4.19. The Morgan fingerprint density at radius 2 is 1.92 bits per heavy atom. The van der Waals surface area contributed by atoms with E-state index in [4.69, 9.17) is 4.74 Å². The molecule has 1 amide bonds. The molecule has 1 N–H and O–H groups in total. The number of carbonyl (C=O) groups excluding carboxylic acids is 1. The topological polar surface area (TPSA) is 75.7 Å². The fraction of sp³-hybridized carbons (Fsp3) is 0.278. The molecule has 0 saturated heterocycles. The minimum Gasteiger partial charge on any atom is -0.470 e. The molecule has 0 saturated carbocycles. The average Bonchev–Trinajstić information content (AvgIpc) is 2.65. The highest BCUT2D eigenvalue weighted by molar-refractivity contribution is 7.89. The molecule has 1 aliphatic rings. The van der Waals surface area contributed by atoms with E-state index in [2.05, 4.69) is 4.72 Å². The molecular weight excluding hydrogens is 359 g/mol. The van der Waals surface area contributed by atoms with Crippen molar-refractivity contribution in [1.82, 2.24) is 9.62 Å². The van der Waals surface area contributed by atoms with Crippen LogP contribution in [0, 0.1) is 5.82 Å². The summed E-state index contributed by atoms with van der Waals surface area (Å²) in [4.78, 5) is 12.8. The van der Waals surface area contributed by atoms with Crippen LogP contribution in [0.1, 0.15) is 12.0 Å². The van der Waals surface area contributed by atoms with E-state index < -0.39 is 22.1 Å². The van der Waals surface area contributed by atoms with Gasteiger partial charge in [0.1, 0.15) is 11.6 Å². The zero-order valence-electron chi connectivity index (χ0n) is 14.0. The number of nitrogens with one attached hydrogen (secondary N) is 1. The van der Waals surface area contributed by atoms with E-state index in [1.54, 1.807) is 0 Å². The second kappa shape index (κ2) is 7.84. The van der Waals surface area contributed by atoms with E-state index in [0.29, 0.717) is 12.8 Å². The fourth-order valence-electron chi connectivity index (χ4n) is 2.81. The monoisotopic (exact) mass is 378 g/mol. The maximum atomic E-state index is 12.9. The zero-order valence-corrected chi connectivity index (χ0v) is 14.8. The summed E-state index contributed by atoms with van der Waals surface area (Å²) in [6, 6.07) is 12.2. The lowest BCUT2D eigenvalue weighted by atomic mass is 10.0. The summed E-state index contributed by atoms with van der Waals surface area (Å²) in [5.41, 5.74) is 1.09. The first-order chi connectivity index (χ1) is 12.5. The Labute approximate surface area is 151 Å². The van der Waals surface area contributed by atoms with Crippen molar-refractivity contribution in [3.8, 4) is 5.75 Å². The minimum atomic E-state index is -3.76. The van der Waals surface area contributed by atoms with Gasteiger partial charge in [-0.15, -0.1) is 0 Å². The van der Waals surface area contributed by atoms with Gasteiger partial charge in [-0.1, -0.05) is 18.2 Å². The maximum absolute atomic E-state index is 12.9. The van der Waals surface area contributed by atoms with Gasteiger partial charge < -0.3 is 9.64 Å². The molecule has 138 valence electrons. The van der Waals surface area contributed by atoms with E-state index in [9.17, 15) is 17.6 Å². The van der Waals surface area contributed by atoms with Gasteiger partial charge in [0.2, 0.25) is 16.4 Å². The molecule has 0 radical (unpaired) electrons. The number of carbonyl (C=O) groups is 1. The molecule has 2 aromatic carbocycles. The number of para-hydroxylation sites is 1. The third-order valence-corrected chi connectivity index (χ3v) is 5.66. The number of fused-ring (bicyclic) bond motifs is 1. The smallest absolute Gasteiger partial charge is 0.240 e. The normalized spacial score (nSPS) is 16.4. The van der Waals surface area contributed by atoms with Crippen LogP contribution in [0.15, 0.2) is 53.4 Å². The van der Waals surface area contributed by atoms with Crippen molar-refractivity contribution in [3.05, 3.63) is 59.9 Å². The van der Waals surface area contributed by atoms with Crippen LogP contribution in [-0.2, 0) is 21.2 Å². The number of ether oxygens (including phenoxy) is 1. The summed E-state index contributed by atoms with van der Waals surface area (Å²) < 4.78 is 45.5. The van der Waals surface area contributed by atoms with Crippen LogP contribution >= 0.6 is 0 Å². The molecule has 0 spiro atoms. The van der Waals surface area contributed by atoms with E-state index in [-0.39, 0.29) is 18.0 Å². The molecule has 0 aromatic heterocycles. The second-order valence-corrected chi connectivity index (χ2v) is 7.68. The Morgan fingerprint density at radius 1 is 1.19 bits per heavy atom. The highest BCUT2D eigenvalue weighted by Gasteiger charge is 2.24. The third kappa shape index (κ3) is 4.20. The average molecular weight is 378 g/mol. The van der Waals surface area contributed by atoms with Crippen molar-refractivity contribution in [3.63, 3.8) is 0 Å². The van der Waals surface area contributed by atoms with Crippen molar-refractivity contribution in [1.29, 1.82) is 0 Å². The lowest BCUT2D eigenvalue weighted by Crippen LogP contribution is -2.44. The molecule has 1 atom stereocenters. The molecule has 0 fully saturated rings. The van der Waals surface area contributed by atoms with Crippen LogP contribution in [0.25, 0.3) is 0 Å². The first-order valence-electron chi connectivity index (χ1n) is 8.20. The molecule has 6 nitrogen and oxygen atoms in total. The molecule has 1 unspecified atom stereocenters. The number of hydrogen-bond donors (Lipinski definition) is 1. The van der Waals surface area contributed by atoms with E-state index >= 15 is 0 Å². The Hall–Kier alpha value is -2.45. The number of rotatable bonds is 7. The lowest BCUT2D eigenvalue weighted by Gasteiger charge is -2.33. The number of amides is 1. The number of halogens is 1. The Balaban J connectivity index is 1.58. The molecular formula is C18H19FN2O4S. The van der Waals surface area contributed by atoms with Gasteiger partial charge in [0, 0.05) is 19.5 Å². The molecule has 26 heavy (non-hydrogen) atoms. The molecule has 1 heterocycles. The van der Waals surface area contributed by atoms with Crippen LogP contribution < -0.4 is 9.46 Å². The standard InChI is InChI=1S/C18H19FN2O4S/c19-15-6-8-16(9-7-15)26(23,24)20-11-12-21(13-22)18-10-5-14-3-1-2-4-17(14)25-18/h1-4,6-9,13,18,20H,5,10-12H2. The van der Waals surface area contributed by atoms with Gasteiger partial charge in [-0.05, 0) is 42.3 Å². The van der Waals surface area contributed by atoms with Crippen LogP contribution in [0.2, 0.25) is 0 Å². The number of hydrogen-bond acceptors (Lipinski definition) is 4. The van der Waals surface area contributed by atoms with Crippen molar-refractivity contribution < 1.29 is 22.3 Å². The van der Waals surface area contributed by atoms with Crippen LogP contribution in [0.4, 0.5) is 4.39 Å². The van der Waals surface area contributed by atoms with Crippen molar-refractivity contribution in [2.75, 3.05) is 13.1 Å². The van der Waals surface area contributed by atoms with Crippen LogP contribution in [0.5, 0.6) is 5.75 Å². The van der Waals surface area contributed by atoms with Crippen molar-refractivity contribution in [2.24, 2.45) is 0 Å². The molecule has 0 bridgehead atoms. The molecule has 8 heteroatoms. The van der Waals surface area contributed by atoms with Gasteiger partial charge in [-0.2, -0.15) is 0 Å². The second-order valence-electron chi connectivity index (χ2n) is 5.91. The SMILES string of the molecule is O=CN(CCNS(=O)(=O)c1ccc(F)cc1)C1CCc2ccccc2O1. The lowest BCUT2D eigenvalue weighted by molar-refractivity contribution is -0.126. The first kappa shape index (κ1) is 18.3. The van der Waals surface area contributed by atoms with Gasteiger partial charge in [0.25, 0.3) is 0 Å². The molecule has 3 rings (SSSR count). The Kier molecular flexibility index (Phi) is 5.53. The van der Waals surface area contributed by atoms with Crippen LogP contribution in [0.3, 0.4) is 0 Å². The van der Waals surface area contributed by atoms with E-state index in [0.717, 1.165) is 29.9 Å². The van der Waals surface area contributed by atoms with Gasteiger partial charge in [0.15, 0.2) is 6.23 Å². The summed E-state index contributed by atoms with van der Waals surface area (Å²) in [7, 11) is -3.76. The van der Waals surface area contributed by atoms with E-state index in [1.165, 1.54) is 17.0 Å². The van der Waals surface area contributed by atoms with Crippen molar-refractivity contribution >= 4 is 16.4 Å². The summed E-state index contributed by atoms with van der Waals surface area (Å²) in [6.07, 6.45) is 1.65. The molecule has 2 aromatic rings. The minimum absolute atomic E-state index is 0.0277. The number of sulfonamides is 1. The van der Waals surface area contributed by atoms with E-state index in [1.807, 2.05) is 24.3 Å². The van der Waals surface area contributed by atoms with Crippen LogP contribution in [-0.4, -0.2) is 39.0 Å². The summed E-state index contributed by atoms with van der Waals surface area (Å²) in [6.45, 7) is 0.191. The highest BCUT2D eigenvalue weighted by Crippen LogP contribution is 2.27. The predicted octanol–water partition coefficient (Wildman–Crippen LogP) is 1.91. The largest absolute Gasteiger partial charge is 0.470 e. The fourth-order valence-corrected chi connectivity index (χ4v) is 3.84. The molecule has 0 aliphatic carbocycles. The maximum Gasteiger partial charge on any atom is 0.240 e. The number of benzene rings is 2. The number of nitrogens with zero attached hydrogens (tertiary/aromatic N) is 1. The first-order valence-corrected chi connectivity index (χ1v) is 9.69. The molecule has 1 aliphatic heterocycles. The summed E-state index contributed by atoms with van der Waals surface area (Å²) >= 11 is 0. The predicted molar refractivity (Wildman–Crippen MR) is 93.5 cm³/mol. The highest BCUT2D eigenvalue weighted by atomic mass is 32.2.